The molecule has 36 heavy (non-hydrogen) atoms. The summed E-state index contributed by atoms with van der Waals surface area (Å²) in [6.07, 6.45) is 31.8. The van der Waals surface area contributed by atoms with Gasteiger partial charge in [0.15, 0.2) is 0 Å². The highest BCUT2D eigenvalue weighted by atomic mass is 79.9. The van der Waals surface area contributed by atoms with Crippen molar-refractivity contribution in [3.63, 3.8) is 0 Å². The van der Waals surface area contributed by atoms with Crippen LogP contribution in [0.2, 0.25) is 0 Å². The fourth-order valence-electron chi connectivity index (χ4n) is 4.50. The van der Waals surface area contributed by atoms with E-state index in [0.29, 0.717) is 0 Å². The average molecular weight is 600 g/mol. The van der Waals surface area contributed by atoms with Gasteiger partial charge in [0.25, 0.3) is 0 Å². The predicted molar refractivity (Wildman–Crippen MR) is 159 cm³/mol. The number of unbranched alkanes of at least 4 members (excludes halogenated alkanes) is 20. The van der Waals surface area contributed by atoms with Crippen LogP contribution in [-0.2, 0) is 0 Å². The molecule has 0 aromatic carbocycles. The minimum absolute atomic E-state index is 0. The molecule has 0 atom stereocenters. The molecule has 0 aliphatic carbocycles. The summed E-state index contributed by atoms with van der Waals surface area (Å²) in [5, 5.41) is 0. The lowest BCUT2D eigenvalue weighted by Gasteiger charge is -2.23. The van der Waals surface area contributed by atoms with Gasteiger partial charge >= 0.3 is 0 Å². The maximum absolute atomic E-state index is 2.29. The van der Waals surface area contributed by atoms with E-state index in [1.807, 2.05) is 0 Å². The maximum Gasteiger partial charge on any atom is 0.0780 e. The summed E-state index contributed by atoms with van der Waals surface area (Å²) >= 11 is 0. The quantitative estimate of drug-likeness (QED) is 0.116. The standard InChI is InChI=1S/C19H42N.C13H30N.BrH.ClH/c1-5-6-7-8-9-10-11-12-13-14-15-16-17-18-19-20(2,3)4;1-5-6-7-8-9-10-11-12-13-14(2,3)4;;/h5-19H2,1-4H3;5-13H2,1-4H3;2*1H/q2*+1;;/p-2. The molecular weight excluding hydrogens is 528 g/mol. The van der Waals surface area contributed by atoms with Crippen molar-refractivity contribution < 1.29 is 38.4 Å². The average Bonchev–Trinajstić information content (AvgIpc) is 2.75. The molecule has 0 bridgehead atoms. The Bertz CT molecular complexity index is 377. The van der Waals surface area contributed by atoms with Crippen molar-refractivity contribution in [1.29, 1.82) is 0 Å². The Morgan fingerprint density at radius 1 is 0.306 bits per heavy atom. The Balaban J connectivity index is -0.000000285. The Hall–Kier alpha value is 0.690. The molecule has 0 amide bonds. The van der Waals surface area contributed by atoms with Crippen LogP contribution in [0.15, 0.2) is 0 Å². The van der Waals surface area contributed by atoms with E-state index in [1.165, 1.54) is 154 Å². The summed E-state index contributed by atoms with van der Waals surface area (Å²) in [6, 6.07) is 0. The monoisotopic (exact) mass is 598 g/mol. The number of hydrogen-bond donors (Lipinski definition) is 0. The molecule has 0 unspecified atom stereocenters. The summed E-state index contributed by atoms with van der Waals surface area (Å²) in [4.78, 5) is 0. The lowest BCUT2D eigenvalue weighted by molar-refractivity contribution is -0.870. The van der Waals surface area contributed by atoms with Gasteiger partial charge in [-0.25, -0.2) is 0 Å². The Kier molecular flexibility index (Phi) is 38.8. The van der Waals surface area contributed by atoms with Crippen molar-refractivity contribution in [1.82, 2.24) is 0 Å². The highest BCUT2D eigenvalue weighted by Crippen LogP contribution is 2.13. The van der Waals surface area contributed by atoms with Crippen molar-refractivity contribution in [2.75, 3.05) is 55.4 Å². The van der Waals surface area contributed by atoms with Crippen LogP contribution in [-0.4, -0.2) is 64.3 Å². The smallest absolute Gasteiger partial charge is 0.0780 e. The van der Waals surface area contributed by atoms with Gasteiger partial charge in [-0.05, 0) is 25.7 Å². The van der Waals surface area contributed by atoms with Gasteiger partial charge in [-0.1, -0.05) is 129 Å². The van der Waals surface area contributed by atoms with Gasteiger partial charge in [0.05, 0.1) is 55.4 Å². The SMILES string of the molecule is CCCCCCCCCCCCCCCC[N+](C)(C)C.CCCCCCCCCC[N+](C)(C)C.[Br-].[Cl-]. The molecule has 2 nitrogen and oxygen atoms in total. The van der Waals surface area contributed by atoms with E-state index in [-0.39, 0.29) is 29.4 Å². The van der Waals surface area contributed by atoms with Crippen molar-refractivity contribution in [2.45, 2.75) is 155 Å². The van der Waals surface area contributed by atoms with Crippen molar-refractivity contribution in [3.05, 3.63) is 0 Å². The Morgan fingerprint density at radius 2 is 0.472 bits per heavy atom. The van der Waals surface area contributed by atoms with Gasteiger partial charge in [-0.2, -0.15) is 0 Å². The van der Waals surface area contributed by atoms with E-state index in [2.05, 4.69) is 56.1 Å². The third-order valence-electron chi connectivity index (χ3n) is 6.86. The van der Waals surface area contributed by atoms with Crippen molar-refractivity contribution >= 4 is 0 Å². The molecule has 0 spiro atoms. The third-order valence-corrected chi connectivity index (χ3v) is 6.86. The molecule has 0 aromatic heterocycles. The van der Waals surface area contributed by atoms with Gasteiger partial charge < -0.3 is 38.4 Å². The normalized spacial score (nSPS) is 11.3. The molecule has 0 aliphatic rings. The minimum atomic E-state index is 0. The zero-order chi connectivity index (χ0) is 26.0. The molecule has 0 N–H and O–H groups in total. The van der Waals surface area contributed by atoms with Gasteiger partial charge in [-0.3, -0.25) is 0 Å². The summed E-state index contributed by atoms with van der Waals surface area (Å²) in [5.74, 6) is 0. The molecule has 4 heteroatoms. The predicted octanol–water partition coefficient (Wildman–Crippen LogP) is 4.02. The van der Waals surface area contributed by atoms with E-state index in [9.17, 15) is 0 Å². The Morgan fingerprint density at radius 3 is 0.639 bits per heavy atom. The molecule has 0 saturated carbocycles. The summed E-state index contributed by atoms with van der Waals surface area (Å²) in [5.41, 5.74) is 0. The third kappa shape index (κ3) is 47.8. The number of quaternary nitrogens is 2. The topological polar surface area (TPSA) is 0 Å². The van der Waals surface area contributed by atoms with Crippen LogP contribution in [0.1, 0.15) is 155 Å². The first-order valence-electron chi connectivity index (χ1n) is 15.7. The van der Waals surface area contributed by atoms with Gasteiger partial charge in [0.2, 0.25) is 0 Å². The lowest BCUT2D eigenvalue weighted by atomic mass is 10.0. The number of rotatable bonds is 24. The van der Waals surface area contributed by atoms with Crippen molar-refractivity contribution in [3.8, 4) is 0 Å². The number of nitrogens with zero attached hydrogens (tertiary/aromatic N) is 2. The lowest BCUT2D eigenvalue weighted by Crippen LogP contribution is -3.00. The second kappa shape index (κ2) is 31.9. The molecule has 0 heterocycles. The molecule has 0 aliphatic heterocycles. The first kappa shape index (κ1) is 43.7. The molecule has 0 saturated heterocycles. The van der Waals surface area contributed by atoms with Crippen LogP contribution in [0.4, 0.5) is 0 Å². The second-order valence-electron chi connectivity index (χ2n) is 13.1. The van der Waals surface area contributed by atoms with E-state index in [4.69, 9.17) is 0 Å². The molecular formula is C32H72BrClN2. The van der Waals surface area contributed by atoms with Crippen LogP contribution >= 0.6 is 0 Å². The fraction of sp³-hybridized carbons (Fsp3) is 1.00. The van der Waals surface area contributed by atoms with E-state index < -0.39 is 0 Å². The zero-order valence-corrected chi connectivity index (χ0v) is 29.0. The van der Waals surface area contributed by atoms with Crippen LogP contribution < -0.4 is 29.4 Å². The van der Waals surface area contributed by atoms with E-state index in [0.717, 1.165) is 8.97 Å². The fourth-order valence-corrected chi connectivity index (χ4v) is 4.50. The summed E-state index contributed by atoms with van der Waals surface area (Å²) in [7, 11) is 13.7. The minimum Gasteiger partial charge on any atom is -1.00 e. The summed E-state index contributed by atoms with van der Waals surface area (Å²) < 4.78 is 2.24. The molecule has 0 radical (unpaired) electrons. The second-order valence-corrected chi connectivity index (χ2v) is 13.1. The van der Waals surface area contributed by atoms with Gasteiger partial charge in [-0.15, -0.1) is 0 Å². The van der Waals surface area contributed by atoms with E-state index >= 15 is 0 Å². The first-order chi connectivity index (χ1) is 16.1. The molecule has 0 fully saturated rings. The highest BCUT2D eigenvalue weighted by molar-refractivity contribution is 4.49. The maximum atomic E-state index is 2.29. The van der Waals surface area contributed by atoms with Crippen LogP contribution in [0, 0.1) is 0 Å². The van der Waals surface area contributed by atoms with Crippen molar-refractivity contribution in [2.24, 2.45) is 0 Å². The van der Waals surface area contributed by atoms with Gasteiger partial charge in [0.1, 0.15) is 0 Å². The first-order valence-corrected chi connectivity index (χ1v) is 15.7. The summed E-state index contributed by atoms with van der Waals surface area (Å²) in [6.45, 7) is 7.23. The zero-order valence-electron chi connectivity index (χ0n) is 26.6. The van der Waals surface area contributed by atoms with Crippen LogP contribution in [0.5, 0.6) is 0 Å². The number of halogens is 2. The van der Waals surface area contributed by atoms with E-state index in [1.54, 1.807) is 0 Å². The van der Waals surface area contributed by atoms with Crippen LogP contribution in [0.25, 0.3) is 0 Å². The van der Waals surface area contributed by atoms with Crippen LogP contribution in [0.3, 0.4) is 0 Å². The van der Waals surface area contributed by atoms with Gasteiger partial charge in [0, 0.05) is 0 Å². The highest BCUT2D eigenvalue weighted by Gasteiger charge is 2.05. The molecule has 0 rings (SSSR count). The largest absolute Gasteiger partial charge is 1.00 e. The Labute approximate surface area is 248 Å². The molecule has 224 valence electrons. The number of hydrogen-bond acceptors (Lipinski definition) is 0. The molecule has 0 aromatic rings.